The molecule has 0 saturated carbocycles. The number of hydrogen-bond donors (Lipinski definition) is 0. The SMILES string of the molecule is CCN(CC(=O)OC)C(=O)c1ccccc1C(C)(C)C. The van der Waals surface area contributed by atoms with Crippen molar-refractivity contribution < 1.29 is 14.3 Å². The Morgan fingerprint density at radius 2 is 1.80 bits per heavy atom. The van der Waals surface area contributed by atoms with E-state index in [0.29, 0.717) is 12.1 Å². The molecular formula is C16H23NO3. The van der Waals surface area contributed by atoms with Crippen LogP contribution in [-0.4, -0.2) is 37.0 Å². The maximum Gasteiger partial charge on any atom is 0.325 e. The molecule has 0 saturated heterocycles. The molecule has 1 rings (SSSR count). The van der Waals surface area contributed by atoms with E-state index < -0.39 is 5.97 Å². The van der Waals surface area contributed by atoms with Crippen LogP contribution in [0.5, 0.6) is 0 Å². The third kappa shape index (κ3) is 3.83. The van der Waals surface area contributed by atoms with Gasteiger partial charge in [0, 0.05) is 12.1 Å². The Hall–Kier alpha value is -1.84. The lowest BCUT2D eigenvalue weighted by Crippen LogP contribution is -2.37. The second-order valence-corrected chi connectivity index (χ2v) is 5.69. The first-order chi connectivity index (χ1) is 9.31. The van der Waals surface area contributed by atoms with Gasteiger partial charge in [0.2, 0.25) is 0 Å². The molecule has 4 nitrogen and oxygen atoms in total. The molecule has 0 atom stereocenters. The van der Waals surface area contributed by atoms with Crippen LogP contribution >= 0.6 is 0 Å². The topological polar surface area (TPSA) is 46.6 Å². The van der Waals surface area contributed by atoms with Crippen molar-refractivity contribution in [2.45, 2.75) is 33.1 Å². The van der Waals surface area contributed by atoms with E-state index in [1.165, 1.54) is 12.0 Å². The fraction of sp³-hybridized carbons (Fsp3) is 0.500. The summed E-state index contributed by atoms with van der Waals surface area (Å²) in [6, 6.07) is 7.53. The van der Waals surface area contributed by atoms with E-state index in [1.807, 2.05) is 31.2 Å². The Morgan fingerprint density at radius 1 is 1.20 bits per heavy atom. The first kappa shape index (κ1) is 16.2. The highest BCUT2D eigenvalue weighted by molar-refractivity contribution is 5.97. The zero-order valence-electron chi connectivity index (χ0n) is 12.9. The van der Waals surface area contributed by atoms with Crippen LogP contribution in [0.15, 0.2) is 24.3 Å². The standard InChI is InChI=1S/C16H23NO3/c1-6-17(11-14(18)20-5)15(19)12-9-7-8-10-13(12)16(2,3)4/h7-10H,6,11H2,1-5H3. The molecular weight excluding hydrogens is 254 g/mol. The maximum absolute atomic E-state index is 12.6. The molecule has 1 aromatic rings. The van der Waals surface area contributed by atoms with Crippen LogP contribution in [0.4, 0.5) is 0 Å². The number of amides is 1. The summed E-state index contributed by atoms with van der Waals surface area (Å²) < 4.78 is 4.63. The average molecular weight is 277 g/mol. The van der Waals surface area contributed by atoms with Crippen LogP contribution in [0.2, 0.25) is 0 Å². The van der Waals surface area contributed by atoms with E-state index in [2.05, 4.69) is 25.5 Å². The van der Waals surface area contributed by atoms with Crippen molar-refractivity contribution in [3.8, 4) is 0 Å². The minimum Gasteiger partial charge on any atom is -0.468 e. The number of rotatable bonds is 4. The summed E-state index contributed by atoms with van der Waals surface area (Å²) in [6.07, 6.45) is 0. The van der Waals surface area contributed by atoms with Gasteiger partial charge in [0.15, 0.2) is 0 Å². The number of ether oxygens (including phenoxy) is 1. The van der Waals surface area contributed by atoms with Crippen LogP contribution in [0.1, 0.15) is 43.6 Å². The molecule has 0 radical (unpaired) electrons. The summed E-state index contributed by atoms with van der Waals surface area (Å²) in [5.74, 6) is -0.545. The summed E-state index contributed by atoms with van der Waals surface area (Å²) in [5.41, 5.74) is 1.50. The van der Waals surface area contributed by atoms with Crippen LogP contribution in [0.25, 0.3) is 0 Å². The highest BCUT2D eigenvalue weighted by Crippen LogP contribution is 2.26. The number of methoxy groups -OCH3 is 1. The summed E-state index contributed by atoms with van der Waals surface area (Å²) >= 11 is 0. The third-order valence-electron chi connectivity index (χ3n) is 3.18. The van der Waals surface area contributed by atoms with Crippen LogP contribution < -0.4 is 0 Å². The number of nitrogens with zero attached hydrogens (tertiary/aromatic N) is 1. The quantitative estimate of drug-likeness (QED) is 0.795. The van der Waals surface area contributed by atoms with Crippen molar-refractivity contribution in [3.05, 3.63) is 35.4 Å². The summed E-state index contributed by atoms with van der Waals surface area (Å²) in [4.78, 5) is 25.5. The predicted octanol–water partition coefficient (Wildman–Crippen LogP) is 2.62. The van der Waals surface area contributed by atoms with Gasteiger partial charge in [0.1, 0.15) is 6.54 Å². The van der Waals surface area contributed by atoms with Gasteiger partial charge in [-0.05, 0) is 24.0 Å². The molecule has 0 spiro atoms. The highest BCUT2D eigenvalue weighted by atomic mass is 16.5. The second-order valence-electron chi connectivity index (χ2n) is 5.69. The number of likely N-dealkylation sites (N-methyl/N-ethyl adjacent to an activating group) is 1. The number of benzene rings is 1. The minimum absolute atomic E-state index is 0.0235. The molecule has 0 aliphatic rings. The molecule has 110 valence electrons. The molecule has 0 aliphatic heterocycles. The second kappa shape index (κ2) is 6.55. The van der Waals surface area contributed by atoms with Gasteiger partial charge >= 0.3 is 5.97 Å². The maximum atomic E-state index is 12.6. The molecule has 1 aromatic carbocycles. The van der Waals surface area contributed by atoms with Crippen LogP contribution in [0.3, 0.4) is 0 Å². The summed E-state index contributed by atoms with van der Waals surface area (Å²) in [7, 11) is 1.32. The van der Waals surface area contributed by atoms with Crippen molar-refractivity contribution in [2.75, 3.05) is 20.2 Å². The molecule has 0 aliphatic carbocycles. The summed E-state index contributed by atoms with van der Waals surface area (Å²) in [5, 5.41) is 0. The van der Waals surface area contributed by atoms with Gasteiger partial charge in [-0.3, -0.25) is 9.59 Å². The fourth-order valence-electron chi connectivity index (χ4n) is 2.04. The third-order valence-corrected chi connectivity index (χ3v) is 3.18. The Bertz CT molecular complexity index is 489. The smallest absolute Gasteiger partial charge is 0.325 e. The van der Waals surface area contributed by atoms with Gasteiger partial charge in [0.05, 0.1) is 7.11 Å². The van der Waals surface area contributed by atoms with E-state index >= 15 is 0 Å². The Kier molecular flexibility index (Phi) is 5.31. The van der Waals surface area contributed by atoms with Gasteiger partial charge in [-0.1, -0.05) is 39.0 Å². The van der Waals surface area contributed by atoms with Crippen molar-refractivity contribution >= 4 is 11.9 Å². The molecule has 4 heteroatoms. The molecule has 0 aromatic heterocycles. The van der Waals surface area contributed by atoms with Crippen molar-refractivity contribution in [2.24, 2.45) is 0 Å². The molecule has 0 N–H and O–H groups in total. The van der Waals surface area contributed by atoms with Crippen LogP contribution in [0, 0.1) is 0 Å². The van der Waals surface area contributed by atoms with Crippen LogP contribution in [-0.2, 0) is 14.9 Å². The molecule has 1 amide bonds. The molecule has 0 unspecified atom stereocenters. The largest absolute Gasteiger partial charge is 0.468 e. The van der Waals surface area contributed by atoms with E-state index in [1.54, 1.807) is 0 Å². The van der Waals surface area contributed by atoms with Crippen molar-refractivity contribution in [1.82, 2.24) is 4.90 Å². The van der Waals surface area contributed by atoms with Crippen molar-refractivity contribution in [1.29, 1.82) is 0 Å². The van der Waals surface area contributed by atoms with E-state index in [9.17, 15) is 9.59 Å². The molecule has 0 fully saturated rings. The first-order valence-corrected chi connectivity index (χ1v) is 6.76. The van der Waals surface area contributed by atoms with E-state index in [-0.39, 0.29) is 17.9 Å². The zero-order valence-corrected chi connectivity index (χ0v) is 12.9. The van der Waals surface area contributed by atoms with Gasteiger partial charge < -0.3 is 9.64 Å². The highest BCUT2D eigenvalue weighted by Gasteiger charge is 2.25. The summed E-state index contributed by atoms with van der Waals surface area (Å²) in [6.45, 7) is 8.48. The lowest BCUT2D eigenvalue weighted by atomic mass is 9.83. The van der Waals surface area contributed by atoms with Crippen molar-refractivity contribution in [3.63, 3.8) is 0 Å². The minimum atomic E-state index is -0.409. The normalized spacial score (nSPS) is 11.1. The fourth-order valence-corrected chi connectivity index (χ4v) is 2.04. The zero-order chi connectivity index (χ0) is 15.3. The number of carbonyl (C=O) groups excluding carboxylic acids is 2. The Morgan fingerprint density at radius 3 is 2.30 bits per heavy atom. The Balaban J connectivity index is 3.10. The lowest BCUT2D eigenvalue weighted by molar-refractivity contribution is -0.141. The van der Waals surface area contributed by atoms with Gasteiger partial charge in [-0.25, -0.2) is 0 Å². The number of hydrogen-bond acceptors (Lipinski definition) is 3. The first-order valence-electron chi connectivity index (χ1n) is 6.76. The van der Waals surface area contributed by atoms with Gasteiger partial charge in [0.25, 0.3) is 5.91 Å². The van der Waals surface area contributed by atoms with Gasteiger partial charge in [-0.15, -0.1) is 0 Å². The monoisotopic (exact) mass is 277 g/mol. The Labute approximate surface area is 120 Å². The van der Waals surface area contributed by atoms with Gasteiger partial charge in [-0.2, -0.15) is 0 Å². The predicted molar refractivity (Wildman–Crippen MR) is 78.7 cm³/mol. The number of esters is 1. The molecule has 0 bridgehead atoms. The van der Waals surface area contributed by atoms with E-state index in [4.69, 9.17) is 0 Å². The lowest BCUT2D eigenvalue weighted by Gasteiger charge is -2.26. The number of carbonyl (C=O) groups is 2. The van der Waals surface area contributed by atoms with E-state index in [0.717, 1.165) is 5.56 Å². The molecule has 0 heterocycles. The molecule has 20 heavy (non-hydrogen) atoms. The average Bonchev–Trinajstić information content (AvgIpc) is 2.42.